The van der Waals surface area contributed by atoms with Gasteiger partial charge in [0.1, 0.15) is 0 Å². The van der Waals surface area contributed by atoms with Crippen LogP contribution in [0.5, 0.6) is 0 Å². The molecular formula is CH7B2O3P. The van der Waals surface area contributed by atoms with Gasteiger partial charge in [0.05, 0.1) is 0 Å². The zero-order valence-corrected chi connectivity index (χ0v) is 5.57. The molecule has 0 radical (unpaired) electrons. The van der Waals surface area contributed by atoms with Gasteiger partial charge < -0.3 is 8.88 Å². The minimum absolute atomic E-state index is 1.35. The van der Waals surface area contributed by atoms with E-state index in [9.17, 15) is 4.57 Å². The van der Waals surface area contributed by atoms with Gasteiger partial charge in [0, 0.05) is 6.66 Å². The first-order valence-electron chi connectivity index (χ1n) is 1.81. The molecule has 0 spiro atoms. The Morgan fingerprint density at radius 3 is 1.71 bits per heavy atom. The highest BCUT2D eigenvalue weighted by atomic mass is 31.2. The largest absolute Gasteiger partial charge is 0.380 e. The number of rotatable bonds is 2. The molecule has 0 saturated heterocycles. The minimum Gasteiger partial charge on any atom is -0.380 e. The highest BCUT2D eigenvalue weighted by Gasteiger charge is 2.07. The lowest BCUT2D eigenvalue weighted by Gasteiger charge is -2.06. The van der Waals surface area contributed by atoms with Crippen LogP contribution in [0.15, 0.2) is 0 Å². The van der Waals surface area contributed by atoms with Crippen LogP contribution in [-0.4, -0.2) is 22.8 Å². The monoisotopic (exact) mass is 120 g/mol. The van der Waals surface area contributed by atoms with Gasteiger partial charge in [-0.15, -0.1) is 0 Å². The summed E-state index contributed by atoms with van der Waals surface area (Å²) in [5.41, 5.74) is 0. The quantitative estimate of drug-likeness (QED) is 0.344. The van der Waals surface area contributed by atoms with Crippen LogP contribution in [0.4, 0.5) is 0 Å². The second-order valence-electron chi connectivity index (χ2n) is 1.14. The fraction of sp³-hybridized carbons (Fsp3) is 1.00. The summed E-state index contributed by atoms with van der Waals surface area (Å²) in [6, 6.07) is 0. The first kappa shape index (κ1) is 7.28. The van der Waals surface area contributed by atoms with Crippen molar-refractivity contribution in [2.75, 3.05) is 6.66 Å². The molecule has 0 heterocycles. The molecule has 0 unspecified atom stereocenters. The van der Waals surface area contributed by atoms with E-state index in [2.05, 4.69) is 8.88 Å². The smallest absolute Gasteiger partial charge is 0.298 e. The van der Waals surface area contributed by atoms with E-state index in [1.165, 1.54) is 22.8 Å². The molecule has 0 aliphatic rings. The molecule has 0 aliphatic heterocycles. The zero-order chi connectivity index (χ0) is 5.91. The topological polar surface area (TPSA) is 35.5 Å². The Labute approximate surface area is 44.8 Å². The van der Waals surface area contributed by atoms with Crippen molar-refractivity contribution in [3.05, 3.63) is 0 Å². The highest BCUT2D eigenvalue weighted by Crippen LogP contribution is 2.40. The molecule has 0 amide bonds. The van der Waals surface area contributed by atoms with Crippen molar-refractivity contribution in [1.29, 1.82) is 0 Å². The third-order valence-electron chi connectivity index (χ3n) is 0.663. The summed E-state index contributed by atoms with van der Waals surface area (Å²) in [7, 11) is 0.0486. The average molecular weight is 120 g/mol. The summed E-state index contributed by atoms with van der Waals surface area (Å²) < 4.78 is 19.3. The lowest BCUT2D eigenvalue weighted by atomic mass is 10.6. The van der Waals surface area contributed by atoms with E-state index in [0.29, 0.717) is 0 Å². The van der Waals surface area contributed by atoms with Crippen molar-refractivity contribution in [3.63, 3.8) is 0 Å². The van der Waals surface area contributed by atoms with Crippen LogP contribution >= 0.6 is 7.60 Å². The number of hydrogen-bond donors (Lipinski definition) is 0. The third kappa shape index (κ3) is 2.92. The van der Waals surface area contributed by atoms with Crippen LogP contribution < -0.4 is 0 Å². The summed E-state index contributed by atoms with van der Waals surface area (Å²) in [4.78, 5) is 0. The highest BCUT2D eigenvalue weighted by molar-refractivity contribution is 7.54. The molecule has 0 aromatic carbocycles. The van der Waals surface area contributed by atoms with E-state index in [0.717, 1.165) is 0 Å². The van der Waals surface area contributed by atoms with Gasteiger partial charge in [-0.2, -0.15) is 0 Å². The first-order valence-corrected chi connectivity index (χ1v) is 3.80. The van der Waals surface area contributed by atoms with Crippen molar-refractivity contribution >= 4 is 23.7 Å². The predicted octanol–water partition coefficient (Wildman–Crippen LogP) is -1.06. The maximum atomic E-state index is 10.5. The van der Waals surface area contributed by atoms with E-state index < -0.39 is 7.60 Å². The molecule has 0 N–H and O–H groups in total. The summed E-state index contributed by atoms with van der Waals surface area (Å²) in [5, 5.41) is 0. The van der Waals surface area contributed by atoms with Gasteiger partial charge in [-0.25, -0.2) is 0 Å². The molecule has 0 rings (SSSR count). The average Bonchev–Trinajstić information content (AvgIpc) is 1.68. The van der Waals surface area contributed by atoms with Gasteiger partial charge in [0.2, 0.25) is 0 Å². The fourth-order valence-corrected chi connectivity index (χ4v) is 0.224. The van der Waals surface area contributed by atoms with Crippen molar-refractivity contribution in [2.24, 2.45) is 0 Å². The number of hydrogen-bond acceptors (Lipinski definition) is 3. The lowest BCUT2D eigenvalue weighted by molar-refractivity contribution is 0.422. The SMILES string of the molecule is BOP(C)(=O)OB. The van der Waals surface area contributed by atoms with Gasteiger partial charge in [-0.05, 0) is 0 Å². The molecule has 7 heavy (non-hydrogen) atoms. The van der Waals surface area contributed by atoms with Crippen molar-refractivity contribution in [3.8, 4) is 0 Å². The van der Waals surface area contributed by atoms with Crippen LogP contribution in [-0.2, 0) is 13.4 Å². The van der Waals surface area contributed by atoms with Crippen molar-refractivity contribution < 1.29 is 13.4 Å². The van der Waals surface area contributed by atoms with Gasteiger partial charge in [0.25, 0.3) is 23.7 Å². The maximum absolute atomic E-state index is 10.5. The summed E-state index contributed by atoms with van der Waals surface area (Å²) in [5.74, 6) is 0. The second kappa shape index (κ2) is 2.55. The fourth-order valence-electron chi connectivity index (χ4n) is 0.0745. The van der Waals surface area contributed by atoms with Crippen molar-refractivity contribution in [1.82, 2.24) is 0 Å². The molecule has 0 fully saturated rings. The molecule has 0 saturated carbocycles. The van der Waals surface area contributed by atoms with E-state index in [1.807, 2.05) is 0 Å². The van der Waals surface area contributed by atoms with E-state index in [4.69, 9.17) is 0 Å². The molecule has 0 aliphatic carbocycles. The standard InChI is InChI=1S/CH7B2O3P/c1-7(4,5-2)6-3/h2-3H2,1H3. The zero-order valence-electron chi connectivity index (χ0n) is 4.67. The van der Waals surface area contributed by atoms with Crippen LogP contribution in [0.3, 0.4) is 0 Å². The van der Waals surface area contributed by atoms with Crippen LogP contribution in [0.1, 0.15) is 0 Å². The van der Waals surface area contributed by atoms with Gasteiger partial charge in [-0.1, -0.05) is 0 Å². The Hall–Kier alpha value is 0.280. The Balaban J connectivity index is 3.61. The van der Waals surface area contributed by atoms with Crippen molar-refractivity contribution in [2.45, 2.75) is 0 Å². The Bertz CT molecular complexity index is 84.9. The van der Waals surface area contributed by atoms with E-state index >= 15 is 0 Å². The molecule has 3 nitrogen and oxygen atoms in total. The molecule has 0 aromatic rings. The second-order valence-corrected chi connectivity index (χ2v) is 3.41. The lowest BCUT2D eigenvalue weighted by Crippen LogP contribution is -1.85. The normalized spacial score (nSPS) is 11.6. The minimum atomic E-state index is -2.65. The van der Waals surface area contributed by atoms with Gasteiger partial charge in [-0.3, -0.25) is 4.57 Å². The molecule has 40 valence electrons. The Morgan fingerprint density at radius 2 is 1.71 bits per heavy atom. The summed E-state index contributed by atoms with van der Waals surface area (Å²) in [6.07, 6.45) is 0. The Morgan fingerprint density at radius 1 is 1.43 bits per heavy atom. The first-order chi connectivity index (χ1) is 3.12. The summed E-state index contributed by atoms with van der Waals surface area (Å²) >= 11 is 0. The third-order valence-corrected chi connectivity index (χ3v) is 1.99. The van der Waals surface area contributed by atoms with E-state index in [-0.39, 0.29) is 0 Å². The summed E-state index contributed by atoms with van der Waals surface area (Å²) in [6.45, 7) is 1.41. The molecular weight excluding hydrogens is 113 g/mol. The molecule has 0 aromatic heterocycles. The molecule has 0 atom stereocenters. The maximum Gasteiger partial charge on any atom is 0.298 e. The molecule has 0 bridgehead atoms. The molecule has 6 heteroatoms. The predicted molar refractivity (Wildman–Crippen MR) is 32.8 cm³/mol. The van der Waals surface area contributed by atoms with Gasteiger partial charge in [0.15, 0.2) is 0 Å². The van der Waals surface area contributed by atoms with Crippen LogP contribution in [0, 0.1) is 0 Å². The van der Waals surface area contributed by atoms with Crippen LogP contribution in [0.25, 0.3) is 0 Å². The van der Waals surface area contributed by atoms with Crippen LogP contribution in [0.2, 0.25) is 0 Å². The Kier molecular flexibility index (Phi) is 2.66. The van der Waals surface area contributed by atoms with Gasteiger partial charge >= 0.3 is 0 Å². The van der Waals surface area contributed by atoms with E-state index in [1.54, 1.807) is 0 Å².